The van der Waals surface area contributed by atoms with E-state index in [4.69, 9.17) is 0 Å². The van der Waals surface area contributed by atoms with E-state index in [0.29, 0.717) is 27.7 Å². The minimum absolute atomic E-state index is 0.0410. The number of aromatic nitrogens is 2. The Bertz CT molecular complexity index is 1100. The second-order valence-corrected chi connectivity index (χ2v) is 9.95. The number of thioether (sulfide) groups is 1. The first kappa shape index (κ1) is 18.9. The van der Waals surface area contributed by atoms with Crippen LogP contribution < -0.4 is 5.56 Å². The molecule has 0 bridgehead atoms. The molecule has 136 valence electrons. The number of hydrogen-bond acceptors (Lipinski definition) is 6. The van der Waals surface area contributed by atoms with Crippen LogP contribution in [0.15, 0.2) is 58.3 Å². The highest BCUT2D eigenvalue weighted by Gasteiger charge is 2.17. The van der Waals surface area contributed by atoms with E-state index in [1.165, 1.54) is 29.4 Å². The molecule has 1 aromatic carbocycles. The van der Waals surface area contributed by atoms with Crippen molar-refractivity contribution in [3.63, 3.8) is 0 Å². The first-order valence-corrected chi connectivity index (χ1v) is 11.8. The standard InChI is InChI=1S/C18H18N2O3S3/c1-3-9-20-17(21)15-14(13-7-5-4-6-8-13)12-25-16(15)19-18(20)24-10-11-26(2,22)23/h3-8,12H,1,9-11H2,2H3. The fourth-order valence-corrected chi connectivity index (χ4v) is 5.71. The summed E-state index contributed by atoms with van der Waals surface area (Å²) in [6.07, 6.45) is 2.84. The number of fused-ring (bicyclic) bond motifs is 1. The lowest BCUT2D eigenvalue weighted by atomic mass is 10.1. The zero-order valence-electron chi connectivity index (χ0n) is 14.2. The molecule has 0 amide bonds. The molecule has 0 aliphatic heterocycles. The van der Waals surface area contributed by atoms with Crippen LogP contribution in [0.25, 0.3) is 21.3 Å². The number of sulfone groups is 1. The molecule has 2 aromatic heterocycles. The van der Waals surface area contributed by atoms with E-state index >= 15 is 0 Å². The van der Waals surface area contributed by atoms with Gasteiger partial charge in [-0.3, -0.25) is 9.36 Å². The highest BCUT2D eigenvalue weighted by molar-refractivity contribution is 8.00. The molecule has 0 N–H and O–H groups in total. The van der Waals surface area contributed by atoms with Crippen molar-refractivity contribution in [2.24, 2.45) is 0 Å². The van der Waals surface area contributed by atoms with Gasteiger partial charge in [-0.15, -0.1) is 17.9 Å². The van der Waals surface area contributed by atoms with Crippen LogP contribution in [0.4, 0.5) is 0 Å². The minimum atomic E-state index is -3.06. The normalized spacial score (nSPS) is 11.7. The van der Waals surface area contributed by atoms with E-state index in [2.05, 4.69) is 11.6 Å². The van der Waals surface area contributed by atoms with Gasteiger partial charge in [0.2, 0.25) is 0 Å². The summed E-state index contributed by atoms with van der Waals surface area (Å²) in [6.45, 7) is 4.04. The number of thiophene rings is 1. The maximum absolute atomic E-state index is 13.1. The molecule has 0 atom stereocenters. The predicted octanol–water partition coefficient (Wildman–Crippen LogP) is 3.45. The van der Waals surface area contributed by atoms with E-state index in [1.807, 2.05) is 35.7 Å². The largest absolute Gasteiger partial charge is 0.283 e. The summed E-state index contributed by atoms with van der Waals surface area (Å²) < 4.78 is 24.3. The van der Waals surface area contributed by atoms with Gasteiger partial charge in [-0.1, -0.05) is 48.2 Å². The molecule has 26 heavy (non-hydrogen) atoms. The third kappa shape index (κ3) is 4.08. The molecule has 0 fully saturated rings. The maximum atomic E-state index is 13.1. The number of rotatable bonds is 7. The van der Waals surface area contributed by atoms with Crippen LogP contribution >= 0.6 is 23.1 Å². The lowest BCUT2D eigenvalue weighted by molar-refractivity contribution is 0.603. The summed E-state index contributed by atoms with van der Waals surface area (Å²) in [4.78, 5) is 18.4. The second-order valence-electron chi connectivity index (χ2n) is 5.77. The van der Waals surface area contributed by atoms with Crippen molar-refractivity contribution in [3.8, 4) is 11.1 Å². The number of allylic oxidation sites excluding steroid dienone is 1. The monoisotopic (exact) mass is 406 g/mol. The summed E-state index contributed by atoms with van der Waals surface area (Å²) in [7, 11) is -3.06. The van der Waals surface area contributed by atoms with Crippen LogP contribution in [0.2, 0.25) is 0 Å². The molecule has 0 saturated carbocycles. The van der Waals surface area contributed by atoms with Crippen molar-refractivity contribution in [1.82, 2.24) is 9.55 Å². The van der Waals surface area contributed by atoms with E-state index in [-0.39, 0.29) is 11.3 Å². The van der Waals surface area contributed by atoms with Gasteiger partial charge in [-0.25, -0.2) is 13.4 Å². The fourth-order valence-electron chi connectivity index (χ4n) is 2.52. The van der Waals surface area contributed by atoms with Gasteiger partial charge in [-0.05, 0) is 5.56 Å². The van der Waals surface area contributed by atoms with Crippen molar-refractivity contribution < 1.29 is 8.42 Å². The van der Waals surface area contributed by atoms with E-state index in [0.717, 1.165) is 11.1 Å². The Morgan fingerprint density at radius 2 is 2.04 bits per heavy atom. The summed E-state index contributed by atoms with van der Waals surface area (Å²) in [5.41, 5.74) is 1.71. The van der Waals surface area contributed by atoms with Gasteiger partial charge in [0.05, 0.1) is 11.1 Å². The lowest BCUT2D eigenvalue weighted by Crippen LogP contribution is -2.23. The van der Waals surface area contributed by atoms with Crippen LogP contribution in [0.5, 0.6) is 0 Å². The molecule has 0 aliphatic carbocycles. The Hall–Kier alpha value is -1.90. The van der Waals surface area contributed by atoms with Crippen molar-refractivity contribution in [3.05, 3.63) is 58.7 Å². The number of hydrogen-bond donors (Lipinski definition) is 0. The zero-order valence-corrected chi connectivity index (χ0v) is 16.7. The molecule has 8 heteroatoms. The molecular weight excluding hydrogens is 388 g/mol. The van der Waals surface area contributed by atoms with Gasteiger partial charge in [0.15, 0.2) is 5.16 Å². The minimum Gasteiger partial charge on any atom is -0.283 e. The second kappa shape index (κ2) is 7.77. The molecule has 3 rings (SSSR count). The van der Waals surface area contributed by atoms with Crippen LogP contribution in [-0.4, -0.2) is 35.7 Å². The molecule has 0 saturated heterocycles. The smallest absolute Gasteiger partial charge is 0.263 e. The quantitative estimate of drug-likeness (QED) is 0.341. The van der Waals surface area contributed by atoms with Crippen molar-refractivity contribution in [1.29, 1.82) is 0 Å². The highest BCUT2D eigenvalue weighted by Crippen LogP contribution is 2.32. The summed E-state index contributed by atoms with van der Waals surface area (Å²) in [5.74, 6) is 0.393. The van der Waals surface area contributed by atoms with E-state index in [1.54, 1.807) is 10.6 Å². The zero-order chi connectivity index (χ0) is 18.7. The summed E-state index contributed by atoms with van der Waals surface area (Å²) in [6, 6.07) is 9.73. The maximum Gasteiger partial charge on any atom is 0.263 e. The van der Waals surface area contributed by atoms with Crippen LogP contribution in [-0.2, 0) is 16.4 Å². The SMILES string of the molecule is C=CCn1c(SCCS(C)(=O)=O)nc2scc(-c3ccccc3)c2c1=O. The third-order valence-electron chi connectivity index (χ3n) is 3.74. The Morgan fingerprint density at radius 3 is 2.69 bits per heavy atom. The van der Waals surface area contributed by atoms with Crippen LogP contribution in [0.3, 0.4) is 0 Å². The molecule has 0 aliphatic rings. The Balaban J connectivity index is 2.09. The van der Waals surface area contributed by atoms with Gasteiger partial charge >= 0.3 is 0 Å². The highest BCUT2D eigenvalue weighted by atomic mass is 32.2. The molecule has 2 heterocycles. The van der Waals surface area contributed by atoms with Crippen LogP contribution in [0.1, 0.15) is 0 Å². The molecule has 0 unspecified atom stereocenters. The average molecular weight is 407 g/mol. The first-order valence-electron chi connectivity index (χ1n) is 7.89. The van der Waals surface area contributed by atoms with Crippen molar-refractivity contribution in [2.45, 2.75) is 11.7 Å². The first-order chi connectivity index (χ1) is 12.4. The van der Waals surface area contributed by atoms with Gasteiger partial charge in [0.25, 0.3) is 5.56 Å². The Kier molecular flexibility index (Phi) is 5.64. The Labute approximate surface area is 160 Å². The number of nitrogens with zero attached hydrogens (tertiary/aromatic N) is 2. The topological polar surface area (TPSA) is 69.0 Å². The van der Waals surface area contributed by atoms with E-state index in [9.17, 15) is 13.2 Å². The summed E-state index contributed by atoms with van der Waals surface area (Å²) in [5, 5.41) is 3.06. The molecule has 0 spiro atoms. The van der Waals surface area contributed by atoms with Gasteiger partial charge < -0.3 is 0 Å². The van der Waals surface area contributed by atoms with Crippen molar-refractivity contribution >= 4 is 43.2 Å². The number of benzene rings is 1. The average Bonchev–Trinajstić information content (AvgIpc) is 3.02. The van der Waals surface area contributed by atoms with E-state index < -0.39 is 9.84 Å². The van der Waals surface area contributed by atoms with Gasteiger partial charge in [-0.2, -0.15) is 0 Å². The molecule has 3 aromatic rings. The molecule has 0 radical (unpaired) electrons. The van der Waals surface area contributed by atoms with Gasteiger partial charge in [0.1, 0.15) is 14.7 Å². The third-order valence-corrected chi connectivity index (χ3v) is 6.79. The fraction of sp³-hybridized carbons (Fsp3) is 0.222. The molecule has 5 nitrogen and oxygen atoms in total. The molecular formula is C18H18N2O3S3. The summed E-state index contributed by atoms with van der Waals surface area (Å²) >= 11 is 2.70. The van der Waals surface area contributed by atoms with Gasteiger partial charge in [0, 0.05) is 29.5 Å². The Morgan fingerprint density at radius 1 is 1.31 bits per heavy atom. The lowest BCUT2D eigenvalue weighted by Gasteiger charge is -2.10. The van der Waals surface area contributed by atoms with Crippen LogP contribution in [0, 0.1) is 0 Å². The predicted molar refractivity (Wildman–Crippen MR) is 110 cm³/mol. The van der Waals surface area contributed by atoms with Crippen molar-refractivity contribution in [2.75, 3.05) is 17.8 Å².